The molecule has 0 unspecified atom stereocenters. The predicted octanol–water partition coefficient (Wildman–Crippen LogP) is 5.77. The molecule has 0 fully saturated rings. The smallest absolute Gasteiger partial charge is 0.309 e. The van der Waals surface area contributed by atoms with Gasteiger partial charge in [-0.25, -0.2) is 0 Å². The third-order valence-corrected chi connectivity index (χ3v) is 5.05. The Morgan fingerprint density at radius 2 is 1.86 bits per heavy atom. The van der Waals surface area contributed by atoms with Gasteiger partial charge >= 0.3 is 6.18 Å². The van der Waals surface area contributed by atoms with E-state index >= 15 is 0 Å². The third-order valence-electron chi connectivity index (χ3n) is 4.25. The minimum Gasteiger partial charge on any atom is -0.309 e. The first kappa shape index (κ1) is 18.4. The lowest BCUT2D eigenvalue weighted by Gasteiger charge is -2.08. The highest BCUT2D eigenvalue weighted by molar-refractivity contribution is 8.00. The molecule has 0 radical (unpaired) electrons. The highest BCUT2D eigenvalue weighted by Crippen LogP contribution is 2.32. The minimum absolute atomic E-state index is 0.457. The lowest BCUT2D eigenvalue weighted by atomic mass is 10.1. The second kappa shape index (κ2) is 7.20. The summed E-state index contributed by atoms with van der Waals surface area (Å²) in [6.45, 7) is 0. The monoisotopic (exact) mass is 400 g/mol. The highest BCUT2D eigenvalue weighted by atomic mass is 32.2. The van der Waals surface area contributed by atoms with Crippen LogP contribution in [-0.2, 0) is 13.2 Å². The Labute approximate surface area is 163 Å². The molecule has 28 heavy (non-hydrogen) atoms. The molecular weight excluding hydrogens is 385 g/mol. The molecule has 0 aliphatic carbocycles. The number of fused-ring (bicyclic) bond motifs is 1. The van der Waals surface area contributed by atoms with E-state index in [-0.39, 0.29) is 0 Å². The average molecular weight is 400 g/mol. The normalized spacial score (nSPS) is 11.7. The van der Waals surface area contributed by atoms with Crippen LogP contribution in [0.1, 0.15) is 5.56 Å². The number of nitrogens with one attached hydrogen (secondary N) is 1. The second-order valence-electron chi connectivity index (χ2n) is 6.21. The zero-order valence-corrected chi connectivity index (χ0v) is 15.6. The van der Waals surface area contributed by atoms with E-state index in [4.69, 9.17) is 0 Å². The Kier molecular flexibility index (Phi) is 4.72. The molecule has 4 rings (SSSR count). The molecule has 2 aromatic carbocycles. The first-order valence-corrected chi connectivity index (χ1v) is 9.20. The summed E-state index contributed by atoms with van der Waals surface area (Å²) in [5.74, 6) is 0.561. The summed E-state index contributed by atoms with van der Waals surface area (Å²) in [6, 6.07) is 15.0. The van der Waals surface area contributed by atoms with Gasteiger partial charge in [-0.2, -0.15) is 18.3 Å². The van der Waals surface area contributed by atoms with Gasteiger partial charge in [-0.15, -0.1) is 0 Å². The number of hydrogen-bond acceptors (Lipinski definition) is 4. The van der Waals surface area contributed by atoms with E-state index in [0.29, 0.717) is 10.7 Å². The van der Waals surface area contributed by atoms with Gasteiger partial charge in [0.2, 0.25) is 0 Å². The first-order valence-electron chi connectivity index (χ1n) is 8.38. The van der Waals surface area contributed by atoms with E-state index in [0.717, 1.165) is 46.1 Å². The van der Waals surface area contributed by atoms with Crippen molar-refractivity contribution in [2.24, 2.45) is 7.05 Å². The zero-order valence-electron chi connectivity index (χ0n) is 14.7. The van der Waals surface area contributed by atoms with Crippen LogP contribution in [0, 0.1) is 0 Å². The van der Waals surface area contributed by atoms with Crippen LogP contribution in [-0.4, -0.2) is 14.8 Å². The number of pyridine rings is 1. The van der Waals surface area contributed by atoms with Crippen LogP contribution in [0.3, 0.4) is 0 Å². The van der Waals surface area contributed by atoms with Crippen LogP contribution < -0.4 is 4.72 Å². The van der Waals surface area contributed by atoms with Crippen molar-refractivity contribution in [3.05, 3.63) is 72.6 Å². The highest BCUT2D eigenvalue weighted by Gasteiger charge is 2.30. The van der Waals surface area contributed by atoms with Crippen LogP contribution in [0.4, 0.5) is 19.0 Å². The molecule has 142 valence electrons. The van der Waals surface area contributed by atoms with Crippen LogP contribution >= 0.6 is 11.9 Å². The molecule has 4 aromatic rings. The number of nitrogens with zero attached hydrogens (tertiary/aromatic N) is 3. The van der Waals surface area contributed by atoms with Gasteiger partial charge in [0, 0.05) is 41.4 Å². The van der Waals surface area contributed by atoms with Gasteiger partial charge in [-0.1, -0.05) is 18.2 Å². The van der Waals surface area contributed by atoms with Gasteiger partial charge in [0.05, 0.1) is 11.3 Å². The molecule has 0 bridgehead atoms. The van der Waals surface area contributed by atoms with Crippen LogP contribution in [0.15, 0.2) is 71.9 Å². The number of benzene rings is 2. The number of halogens is 3. The van der Waals surface area contributed by atoms with Gasteiger partial charge in [0.1, 0.15) is 0 Å². The van der Waals surface area contributed by atoms with Crippen molar-refractivity contribution in [2.45, 2.75) is 11.1 Å². The summed E-state index contributed by atoms with van der Waals surface area (Å²) in [7, 11) is 1.82. The molecule has 2 heterocycles. The summed E-state index contributed by atoms with van der Waals surface area (Å²) in [5, 5.41) is 6.52. The SMILES string of the molecule is Cn1nc(NSc2cccc(C(F)(F)F)c2)cc1-c1ccc2ccncc2c1. The number of aryl methyl sites for hydroxylation is 1. The number of aromatic nitrogens is 3. The largest absolute Gasteiger partial charge is 0.416 e. The van der Waals surface area contributed by atoms with Gasteiger partial charge in [0.15, 0.2) is 5.82 Å². The fourth-order valence-corrected chi connectivity index (χ4v) is 3.53. The van der Waals surface area contributed by atoms with Gasteiger partial charge < -0.3 is 4.72 Å². The number of anilines is 1. The Morgan fingerprint density at radius 3 is 2.68 bits per heavy atom. The van der Waals surface area contributed by atoms with E-state index in [1.807, 2.05) is 37.4 Å². The molecule has 0 spiro atoms. The Bertz CT molecular complexity index is 1140. The topological polar surface area (TPSA) is 42.7 Å². The van der Waals surface area contributed by atoms with Crippen LogP contribution in [0.25, 0.3) is 22.0 Å². The van der Waals surface area contributed by atoms with Crippen LogP contribution in [0.2, 0.25) is 0 Å². The summed E-state index contributed by atoms with van der Waals surface area (Å²) in [4.78, 5) is 4.60. The van der Waals surface area contributed by atoms with Crippen molar-refractivity contribution in [2.75, 3.05) is 4.72 Å². The van der Waals surface area contributed by atoms with E-state index in [1.54, 1.807) is 23.1 Å². The molecule has 1 N–H and O–H groups in total. The maximum atomic E-state index is 12.8. The maximum absolute atomic E-state index is 12.8. The quantitative estimate of drug-likeness (QED) is 0.442. The number of rotatable bonds is 4. The molecule has 8 heteroatoms. The number of alkyl halides is 3. The van der Waals surface area contributed by atoms with E-state index in [1.165, 1.54) is 6.07 Å². The Balaban J connectivity index is 1.54. The predicted molar refractivity (Wildman–Crippen MR) is 105 cm³/mol. The van der Waals surface area contributed by atoms with E-state index in [2.05, 4.69) is 14.8 Å². The Hall–Kier alpha value is -3.00. The lowest BCUT2D eigenvalue weighted by Crippen LogP contribution is -2.04. The van der Waals surface area contributed by atoms with Crippen molar-refractivity contribution in [1.82, 2.24) is 14.8 Å². The summed E-state index contributed by atoms with van der Waals surface area (Å²) >= 11 is 1.09. The molecule has 0 saturated carbocycles. The van der Waals surface area contributed by atoms with E-state index < -0.39 is 11.7 Å². The van der Waals surface area contributed by atoms with Crippen molar-refractivity contribution >= 4 is 28.5 Å². The molecule has 2 aromatic heterocycles. The van der Waals surface area contributed by atoms with Gasteiger partial charge in [-0.05, 0) is 47.7 Å². The van der Waals surface area contributed by atoms with Crippen LogP contribution in [0.5, 0.6) is 0 Å². The van der Waals surface area contributed by atoms with Crippen molar-refractivity contribution in [3.8, 4) is 11.3 Å². The average Bonchev–Trinajstić information content (AvgIpc) is 3.06. The molecule has 0 atom stereocenters. The molecule has 0 aliphatic heterocycles. The second-order valence-corrected chi connectivity index (χ2v) is 7.09. The lowest BCUT2D eigenvalue weighted by molar-refractivity contribution is -0.137. The first-order chi connectivity index (χ1) is 13.4. The molecule has 0 saturated heterocycles. The van der Waals surface area contributed by atoms with Crippen molar-refractivity contribution in [1.29, 1.82) is 0 Å². The standard InChI is InChI=1S/C20H15F3N4S/c1-27-18(14-6-5-13-7-8-24-12-15(13)9-14)11-19(25-27)26-28-17-4-2-3-16(10-17)20(21,22)23/h2-12H,1H3,(H,25,26). The fourth-order valence-electron chi connectivity index (χ4n) is 2.88. The summed E-state index contributed by atoms with van der Waals surface area (Å²) in [6.07, 6.45) is -0.809. The minimum atomic E-state index is -4.36. The maximum Gasteiger partial charge on any atom is 0.416 e. The van der Waals surface area contributed by atoms with E-state index in [9.17, 15) is 13.2 Å². The Morgan fingerprint density at radius 1 is 1.00 bits per heavy atom. The van der Waals surface area contributed by atoms with Gasteiger partial charge in [0.25, 0.3) is 0 Å². The summed E-state index contributed by atoms with van der Waals surface area (Å²) < 4.78 is 43.3. The fraction of sp³-hybridized carbons (Fsp3) is 0.100. The van der Waals surface area contributed by atoms with Gasteiger partial charge in [-0.3, -0.25) is 9.67 Å². The number of hydrogen-bond donors (Lipinski definition) is 1. The molecular formula is C20H15F3N4S. The molecule has 4 nitrogen and oxygen atoms in total. The zero-order chi connectivity index (χ0) is 19.7. The van der Waals surface area contributed by atoms with Crippen molar-refractivity contribution < 1.29 is 13.2 Å². The third kappa shape index (κ3) is 3.82. The molecule has 0 amide bonds. The summed E-state index contributed by atoms with van der Waals surface area (Å²) in [5.41, 5.74) is 1.19. The molecule has 0 aliphatic rings. The van der Waals surface area contributed by atoms with Crippen molar-refractivity contribution in [3.63, 3.8) is 0 Å².